The van der Waals surface area contributed by atoms with E-state index in [9.17, 15) is 4.79 Å². The Morgan fingerprint density at radius 1 is 1.19 bits per heavy atom. The standard InChI is InChI=1S/C21H28N4OS/c1-14-6-7-16-18(12-14)27-20-22-19(21(3,4)5)17(25(16)20)13-23-8-10-24(11-9-23)15(2)26/h6-7,12H,8-11,13H2,1-5H3. The van der Waals surface area contributed by atoms with Crippen LogP contribution in [0.2, 0.25) is 0 Å². The Kier molecular flexibility index (Phi) is 4.51. The number of hydrogen-bond acceptors (Lipinski definition) is 4. The van der Waals surface area contributed by atoms with Crippen LogP contribution in [0.5, 0.6) is 0 Å². The van der Waals surface area contributed by atoms with Crippen molar-refractivity contribution in [2.24, 2.45) is 0 Å². The zero-order valence-corrected chi connectivity index (χ0v) is 17.7. The molecule has 2 aromatic heterocycles. The van der Waals surface area contributed by atoms with Gasteiger partial charge in [0, 0.05) is 45.1 Å². The number of rotatable bonds is 2. The zero-order valence-electron chi connectivity index (χ0n) is 16.9. The Morgan fingerprint density at radius 2 is 1.89 bits per heavy atom. The molecule has 0 spiro atoms. The first-order valence-corrected chi connectivity index (χ1v) is 10.4. The lowest BCUT2D eigenvalue weighted by Gasteiger charge is -2.34. The second-order valence-corrected chi connectivity index (χ2v) is 9.64. The third kappa shape index (κ3) is 3.36. The fourth-order valence-electron chi connectivity index (χ4n) is 3.91. The van der Waals surface area contributed by atoms with Gasteiger partial charge in [0.1, 0.15) is 0 Å². The predicted octanol–water partition coefficient (Wildman–Crippen LogP) is 3.82. The van der Waals surface area contributed by atoms with E-state index in [0.29, 0.717) is 0 Å². The molecule has 0 unspecified atom stereocenters. The van der Waals surface area contributed by atoms with Gasteiger partial charge in [-0.05, 0) is 24.6 Å². The minimum absolute atomic E-state index is 0.000694. The number of benzene rings is 1. The molecule has 3 heterocycles. The lowest BCUT2D eigenvalue weighted by Crippen LogP contribution is -2.47. The Morgan fingerprint density at radius 3 is 2.52 bits per heavy atom. The quantitative estimate of drug-likeness (QED) is 0.674. The van der Waals surface area contributed by atoms with Gasteiger partial charge < -0.3 is 4.90 Å². The van der Waals surface area contributed by atoms with Crippen molar-refractivity contribution < 1.29 is 4.79 Å². The molecule has 27 heavy (non-hydrogen) atoms. The lowest BCUT2D eigenvalue weighted by atomic mass is 9.90. The van der Waals surface area contributed by atoms with Crippen LogP contribution in [0.15, 0.2) is 18.2 Å². The van der Waals surface area contributed by atoms with Gasteiger partial charge >= 0.3 is 0 Å². The van der Waals surface area contributed by atoms with Gasteiger partial charge in [0.25, 0.3) is 0 Å². The highest BCUT2D eigenvalue weighted by Gasteiger charge is 2.28. The molecule has 0 aliphatic carbocycles. The number of carbonyl (C=O) groups excluding carboxylic acids is 1. The first-order chi connectivity index (χ1) is 12.7. The summed E-state index contributed by atoms with van der Waals surface area (Å²) in [5.74, 6) is 0.177. The molecule has 0 atom stereocenters. The largest absolute Gasteiger partial charge is 0.340 e. The molecule has 0 saturated carbocycles. The maximum atomic E-state index is 11.6. The van der Waals surface area contributed by atoms with E-state index in [4.69, 9.17) is 4.98 Å². The summed E-state index contributed by atoms with van der Waals surface area (Å²) in [5, 5.41) is 0. The minimum Gasteiger partial charge on any atom is -0.340 e. The maximum Gasteiger partial charge on any atom is 0.219 e. The van der Waals surface area contributed by atoms with Gasteiger partial charge in [-0.25, -0.2) is 4.98 Å². The Hall–Kier alpha value is -1.92. The molecule has 0 bridgehead atoms. The molecule has 1 amide bonds. The monoisotopic (exact) mass is 384 g/mol. The fourth-order valence-corrected chi connectivity index (χ4v) is 5.06. The lowest BCUT2D eigenvalue weighted by molar-refractivity contribution is -0.130. The minimum atomic E-state index is -0.000694. The van der Waals surface area contributed by atoms with E-state index in [1.54, 1.807) is 18.3 Å². The molecule has 1 saturated heterocycles. The van der Waals surface area contributed by atoms with E-state index in [0.717, 1.165) is 37.7 Å². The molecule has 6 heteroatoms. The van der Waals surface area contributed by atoms with E-state index in [1.807, 2.05) is 4.90 Å². The van der Waals surface area contributed by atoms with Crippen LogP contribution in [0.3, 0.4) is 0 Å². The number of hydrogen-bond donors (Lipinski definition) is 0. The van der Waals surface area contributed by atoms with Crippen molar-refractivity contribution in [3.05, 3.63) is 35.2 Å². The molecule has 1 fully saturated rings. The number of fused-ring (bicyclic) bond motifs is 3. The number of piperazine rings is 1. The third-order valence-electron chi connectivity index (χ3n) is 5.40. The van der Waals surface area contributed by atoms with Crippen molar-refractivity contribution in [1.82, 2.24) is 19.2 Å². The Labute approximate surface area is 164 Å². The van der Waals surface area contributed by atoms with Crippen molar-refractivity contribution in [2.75, 3.05) is 26.2 Å². The van der Waals surface area contributed by atoms with Crippen molar-refractivity contribution >= 4 is 32.4 Å². The topological polar surface area (TPSA) is 40.9 Å². The van der Waals surface area contributed by atoms with Crippen molar-refractivity contribution in [1.29, 1.82) is 0 Å². The van der Waals surface area contributed by atoms with Gasteiger partial charge in [0.2, 0.25) is 5.91 Å². The highest BCUT2D eigenvalue weighted by Crippen LogP contribution is 2.34. The summed E-state index contributed by atoms with van der Waals surface area (Å²) in [6, 6.07) is 6.65. The van der Waals surface area contributed by atoms with Gasteiger partial charge in [0.15, 0.2) is 4.96 Å². The third-order valence-corrected chi connectivity index (χ3v) is 6.40. The van der Waals surface area contributed by atoms with Gasteiger partial charge in [0.05, 0.1) is 21.6 Å². The van der Waals surface area contributed by atoms with E-state index in [-0.39, 0.29) is 11.3 Å². The summed E-state index contributed by atoms with van der Waals surface area (Å²) >= 11 is 1.77. The Bertz CT molecular complexity index is 1000. The molecule has 5 nitrogen and oxygen atoms in total. The fraction of sp³-hybridized carbons (Fsp3) is 0.524. The molecule has 1 aliphatic heterocycles. The molecule has 3 aromatic rings. The molecule has 4 rings (SSSR count). The molecular formula is C21H28N4OS. The molecule has 144 valence electrons. The van der Waals surface area contributed by atoms with Crippen molar-refractivity contribution in [3.63, 3.8) is 0 Å². The summed E-state index contributed by atoms with van der Waals surface area (Å²) in [6.07, 6.45) is 0. The maximum absolute atomic E-state index is 11.6. The zero-order chi connectivity index (χ0) is 19.3. The molecular weight excluding hydrogens is 356 g/mol. The van der Waals surface area contributed by atoms with Crippen LogP contribution in [-0.4, -0.2) is 51.3 Å². The number of aryl methyl sites for hydroxylation is 1. The number of nitrogens with zero attached hydrogens (tertiary/aromatic N) is 4. The van der Waals surface area contributed by atoms with Crippen molar-refractivity contribution in [2.45, 2.75) is 46.6 Å². The average molecular weight is 385 g/mol. The molecule has 0 radical (unpaired) electrons. The number of carbonyl (C=O) groups is 1. The summed E-state index contributed by atoms with van der Waals surface area (Å²) in [6.45, 7) is 14.8. The second kappa shape index (κ2) is 6.60. The summed E-state index contributed by atoms with van der Waals surface area (Å²) in [4.78, 5) is 22.1. The van der Waals surface area contributed by atoms with E-state index >= 15 is 0 Å². The van der Waals surface area contributed by atoms with Crippen LogP contribution >= 0.6 is 11.3 Å². The van der Waals surface area contributed by atoms with E-state index < -0.39 is 0 Å². The molecule has 1 aliphatic rings. The first-order valence-electron chi connectivity index (χ1n) is 9.63. The summed E-state index contributed by atoms with van der Waals surface area (Å²) in [7, 11) is 0. The van der Waals surface area contributed by atoms with E-state index in [2.05, 4.69) is 55.2 Å². The van der Waals surface area contributed by atoms with Crippen LogP contribution in [0, 0.1) is 6.92 Å². The highest BCUT2D eigenvalue weighted by molar-refractivity contribution is 7.23. The first kappa shape index (κ1) is 18.4. The number of thiazole rings is 1. The molecule has 0 N–H and O–H groups in total. The number of amides is 1. The SMILES string of the molecule is CC(=O)N1CCN(Cc2c(C(C)(C)C)nc3sc4cc(C)ccc4n23)CC1. The highest BCUT2D eigenvalue weighted by atomic mass is 32.1. The van der Waals surface area contributed by atoms with Gasteiger partial charge in [-0.15, -0.1) is 0 Å². The predicted molar refractivity (Wildman–Crippen MR) is 112 cm³/mol. The van der Waals surface area contributed by atoms with Crippen LogP contribution in [0.25, 0.3) is 15.2 Å². The average Bonchev–Trinajstić information content (AvgIpc) is 3.11. The second-order valence-electron chi connectivity index (χ2n) is 8.63. The number of aromatic nitrogens is 2. The van der Waals surface area contributed by atoms with E-state index in [1.165, 1.54) is 27.2 Å². The van der Waals surface area contributed by atoms with Crippen LogP contribution in [0.1, 0.15) is 44.6 Å². The van der Waals surface area contributed by atoms with Crippen LogP contribution in [-0.2, 0) is 16.8 Å². The summed E-state index contributed by atoms with van der Waals surface area (Å²) < 4.78 is 3.65. The van der Waals surface area contributed by atoms with Gasteiger partial charge in [-0.2, -0.15) is 0 Å². The van der Waals surface area contributed by atoms with Crippen LogP contribution < -0.4 is 0 Å². The Balaban J connectivity index is 1.75. The van der Waals surface area contributed by atoms with Crippen LogP contribution in [0.4, 0.5) is 0 Å². The normalized spacial score (nSPS) is 16.6. The smallest absolute Gasteiger partial charge is 0.219 e. The number of imidazole rings is 1. The molecule has 1 aromatic carbocycles. The summed E-state index contributed by atoms with van der Waals surface area (Å²) in [5.41, 5.74) is 5.01. The van der Waals surface area contributed by atoms with Crippen molar-refractivity contribution in [3.8, 4) is 0 Å². The van der Waals surface area contributed by atoms with Gasteiger partial charge in [-0.3, -0.25) is 14.1 Å². The van der Waals surface area contributed by atoms with Gasteiger partial charge in [-0.1, -0.05) is 38.2 Å².